The fraction of sp³-hybridized carbons (Fsp3) is 0.115. The van der Waals surface area contributed by atoms with E-state index < -0.39 is 5.91 Å². The van der Waals surface area contributed by atoms with Crippen molar-refractivity contribution in [1.29, 1.82) is 10.5 Å². The molecule has 3 rings (SSSR count). The van der Waals surface area contributed by atoms with Crippen LogP contribution in [-0.4, -0.2) is 13.0 Å². The number of amides is 1. The minimum absolute atomic E-state index is 0.0594. The number of ether oxygens (including phenoxy) is 2. The van der Waals surface area contributed by atoms with Gasteiger partial charge >= 0.3 is 0 Å². The molecule has 7 heteroatoms. The molecule has 0 bridgehead atoms. The van der Waals surface area contributed by atoms with E-state index in [0.29, 0.717) is 32.8 Å². The topological polar surface area (TPSA) is 95.1 Å². The summed E-state index contributed by atoms with van der Waals surface area (Å²) < 4.78 is 12.0. The maximum absolute atomic E-state index is 12.6. The quantitative estimate of drug-likeness (QED) is 0.327. The van der Waals surface area contributed by atoms with Crippen LogP contribution in [0, 0.1) is 29.6 Å². The van der Waals surface area contributed by atoms with Crippen LogP contribution in [0.4, 0.5) is 5.69 Å². The third kappa shape index (κ3) is 6.00. The number of halogens is 1. The summed E-state index contributed by atoms with van der Waals surface area (Å²) in [5.74, 6) is 0.370. The normalized spacial score (nSPS) is 10.6. The summed E-state index contributed by atoms with van der Waals surface area (Å²) in [7, 11) is 1.50. The number of aryl methyl sites for hydroxylation is 1. The van der Waals surface area contributed by atoms with Gasteiger partial charge < -0.3 is 14.8 Å². The zero-order valence-electron chi connectivity index (χ0n) is 18.1. The third-order valence-corrected chi connectivity index (χ3v) is 5.43. The van der Waals surface area contributed by atoms with E-state index in [0.717, 1.165) is 11.1 Å². The highest BCUT2D eigenvalue weighted by Crippen LogP contribution is 2.35. The highest BCUT2D eigenvalue weighted by molar-refractivity contribution is 9.10. The number of carbonyl (C=O) groups excluding carboxylic acids is 1. The SMILES string of the molecule is COc1cc(/C=C(/C#N)C(=O)Nc2cccc(C)c2)c(Br)cc1OCc1ccccc1C#N. The Balaban J connectivity index is 1.84. The fourth-order valence-electron chi connectivity index (χ4n) is 3.07. The summed E-state index contributed by atoms with van der Waals surface area (Å²) >= 11 is 3.47. The van der Waals surface area contributed by atoms with Gasteiger partial charge in [-0.2, -0.15) is 10.5 Å². The van der Waals surface area contributed by atoms with Gasteiger partial charge in [0.05, 0.1) is 18.7 Å². The molecule has 1 amide bonds. The van der Waals surface area contributed by atoms with Gasteiger partial charge in [0.2, 0.25) is 0 Å². The molecule has 3 aromatic carbocycles. The molecule has 0 atom stereocenters. The van der Waals surface area contributed by atoms with Crippen LogP contribution in [0.25, 0.3) is 6.08 Å². The minimum atomic E-state index is -0.512. The predicted octanol–water partition coefficient (Wildman–Crippen LogP) is 5.76. The Morgan fingerprint density at radius 1 is 1.09 bits per heavy atom. The Hall–Kier alpha value is -4.07. The van der Waals surface area contributed by atoms with E-state index in [1.165, 1.54) is 13.2 Å². The molecule has 1 N–H and O–H groups in total. The van der Waals surface area contributed by atoms with Gasteiger partial charge in [0.1, 0.15) is 18.2 Å². The molecule has 0 fully saturated rings. The number of nitrogens with zero attached hydrogens (tertiary/aromatic N) is 2. The molecule has 0 aromatic heterocycles. The maximum atomic E-state index is 12.6. The number of nitriles is 2. The first kappa shape index (κ1) is 23.6. The Morgan fingerprint density at radius 3 is 2.58 bits per heavy atom. The molecule has 6 nitrogen and oxygen atoms in total. The molecule has 164 valence electrons. The molecule has 0 spiro atoms. The lowest BCUT2D eigenvalue weighted by molar-refractivity contribution is -0.112. The highest BCUT2D eigenvalue weighted by Gasteiger charge is 2.14. The van der Waals surface area contributed by atoms with Gasteiger partial charge in [-0.05, 0) is 54.5 Å². The molecule has 0 heterocycles. The molecule has 0 saturated carbocycles. The molecule has 33 heavy (non-hydrogen) atoms. The van der Waals surface area contributed by atoms with Crippen molar-refractivity contribution in [3.63, 3.8) is 0 Å². The lowest BCUT2D eigenvalue weighted by atomic mass is 10.1. The van der Waals surface area contributed by atoms with Crippen LogP contribution < -0.4 is 14.8 Å². The molecule has 0 aliphatic rings. The summed E-state index contributed by atoms with van der Waals surface area (Å²) in [6.07, 6.45) is 1.48. The molecule has 0 aliphatic carbocycles. The van der Waals surface area contributed by atoms with Crippen LogP contribution in [0.15, 0.2) is 70.7 Å². The number of hydrogen-bond donors (Lipinski definition) is 1. The number of hydrogen-bond acceptors (Lipinski definition) is 5. The summed E-state index contributed by atoms with van der Waals surface area (Å²) in [4.78, 5) is 12.6. The summed E-state index contributed by atoms with van der Waals surface area (Å²) in [5.41, 5.74) is 3.41. The van der Waals surface area contributed by atoms with Gasteiger partial charge in [-0.3, -0.25) is 4.79 Å². The second-order valence-electron chi connectivity index (χ2n) is 7.08. The Kier molecular flexibility index (Phi) is 7.86. The summed E-state index contributed by atoms with van der Waals surface area (Å²) in [6, 6.07) is 22.0. The van der Waals surface area contributed by atoms with Gasteiger partial charge in [-0.15, -0.1) is 0 Å². The van der Waals surface area contributed by atoms with Crippen molar-refractivity contribution in [3.8, 4) is 23.6 Å². The van der Waals surface area contributed by atoms with Crippen LogP contribution in [0.5, 0.6) is 11.5 Å². The van der Waals surface area contributed by atoms with Crippen LogP contribution in [-0.2, 0) is 11.4 Å². The average molecular weight is 502 g/mol. The molecular weight excluding hydrogens is 482 g/mol. The largest absolute Gasteiger partial charge is 0.493 e. The van der Waals surface area contributed by atoms with Crippen molar-refractivity contribution in [2.24, 2.45) is 0 Å². The molecule has 3 aromatic rings. The summed E-state index contributed by atoms with van der Waals surface area (Å²) in [6.45, 7) is 2.10. The smallest absolute Gasteiger partial charge is 0.266 e. The first-order chi connectivity index (χ1) is 15.9. The number of nitrogens with one attached hydrogen (secondary N) is 1. The predicted molar refractivity (Wildman–Crippen MR) is 130 cm³/mol. The standard InChI is InChI=1S/C26H20BrN3O3/c1-17-6-5-9-22(10-17)30-26(31)21(15-29)11-20-12-24(32-2)25(13-23(20)27)33-16-19-8-4-3-7-18(19)14-28/h3-13H,16H2,1-2H3,(H,30,31)/b21-11-. The van der Waals surface area contributed by atoms with Gasteiger partial charge in [0.15, 0.2) is 11.5 Å². The minimum Gasteiger partial charge on any atom is -0.493 e. The Bertz CT molecular complexity index is 1300. The second kappa shape index (κ2) is 11.0. The average Bonchev–Trinajstić information content (AvgIpc) is 2.82. The fourth-order valence-corrected chi connectivity index (χ4v) is 3.51. The Morgan fingerprint density at radius 2 is 1.88 bits per heavy atom. The number of carbonyl (C=O) groups is 1. The van der Waals surface area contributed by atoms with Crippen molar-refractivity contribution in [1.82, 2.24) is 0 Å². The number of rotatable bonds is 7. The van der Waals surface area contributed by atoms with E-state index in [9.17, 15) is 15.3 Å². The number of methoxy groups -OCH3 is 1. The highest BCUT2D eigenvalue weighted by atomic mass is 79.9. The zero-order chi connectivity index (χ0) is 23.8. The van der Waals surface area contributed by atoms with E-state index in [2.05, 4.69) is 27.3 Å². The van der Waals surface area contributed by atoms with E-state index in [1.807, 2.05) is 43.3 Å². The first-order valence-electron chi connectivity index (χ1n) is 9.93. The number of benzene rings is 3. The van der Waals surface area contributed by atoms with E-state index >= 15 is 0 Å². The van der Waals surface area contributed by atoms with Crippen LogP contribution in [0.2, 0.25) is 0 Å². The molecule has 0 aliphatic heterocycles. The zero-order valence-corrected chi connectivity index (χ0v) is 19.6. The van der Waals surface area contributed by atoms with Gasteiger partial charge in [-0.1, -0.05) is 46.3 Å². The maximum Gasteiger partial charge on any atom is 0.266 e. The Labute approximate surface area is 200 Å². The monoisotopic (exact) mass is 501 g/mol. The van der Waals surface area contributed by atoms with Crippen molar-refractivity contribution in [2.75, 3.05) is 12.4 Å². The first-order valence-corrected chi connectivity index (χ1v) is 10.7. The van der Waals surface area contributed by atoms with Crippen LogP contribution >= 0.6 is 15.9 Å². The third-order valence-electron chi connectivity index (χ3n) is 4.74. The molecule has 0 unspecified atom stereocenters. The summed E-state index contributed by atoms with van der Waals surface area (Å²) in [5, 5.41) is 21.5. The van der Waals surface area contributed by atoms with Gasteiger partial charge in [0, 0.05) is 15.7 Å². The molecule has 0 saturated heterocycles. The molecule has 0 radical (unpaired) electrons. The lowest BCUT2D eigenvalue weighted by Gasteiger charge is -2.13. The van der Waals surface area contributed by atoms with Crippen molar-refractivity contribution in [2.45, 2.75) is 13.5 Å². The van der Waals surface area contributed by atoms with Gasteiger partial charge in [-0.25, -0.2) is 0 Å². The van der Waals surface area contributed by atoms with Crippen molar-refractivity contribution >= 4 is 33.6 Å². The van der Waals surface area contributed by atoms with E-state index in [4.69, 9.17) is 9.47 Å². The van der Waals surface area contributed by atoms with Crippen molar-refractivity contribution in [3.05, 3.63) is 93.0 Å². The van der Waals surface area contributed by atoms with E-state index in [-0.39, 0.29) is 12.2 Å². The lowest BCUT2D eigenvalue weighted by Crippen LogP contribution is -2.13. The van der Waals surface area contributed by atoms with Crippen molar-refractivity contribution < 1.29 is 14.3 Å². The number of anilines is 1. The molecular formula is C26H20BrN3O3. The van der Waals surface area contributed by atoms with Crippen LogP contribution in [0.1, 0.15) is 22.3 Å². The second-order valence-corrected chi connectivity index (χ2v) is 7.93. The van der Waals surface area contributed by atoms with E-state index in [1.54, 1.807) is 30.3 Å². The van der Waals surface area contributed by atoms with Gasteiger partial charge in [0.25, 0.3) is 5.91 Å². The van der Waals surface area contributed by atoms with Crippen LogP contribution in [0.3, 0.4) is 0 Å².